The van der Waals surface area contributed by atoms with Crippen LogP contribution in [0.3, 0.4) is 0 Å². The molecule has 0 aliphatic carbocycles. The molecule has 0 atom stereocenters. The van der Waals surface area contributed by atoms with Crippen molar-refractivity contribution in [3.8, 4) is 0 Å². The second kappa shape index (κ2) is 7.72. The normalized spacial score (nSPS) is 10.4. The molecule has 0 saturated heterocycles. The van der Waals surface area contributed by atoms with E-state index in [1.54, 1.807) is 0 Å². The summed E-state index contributed by atoms with van der Waals surface area (Å²) in [6, 6.07) is 9.50. The molecule has 0 unspecified atom stereocenters. The van der Waals surface area contributed by atoms with Crippen molar-refractivity contribution >= 4 is 17.3 Å². The van der Waals surface area contributed by atoms with E-state index in [0.717, 1.165) is 29.8 Å². The molecule has 0 aliphatic heterocycles. The van der Waals surface area contributed by atoms with Crippen LogP contribution >= 0.6 is 0 Å². The predicted molar refractivity (Wildman–Crippen MR) is 88.7 cm³/mol. The fourth-order valence-electron chi connectivity index (χ4n) is 2.40. The Kier molecular flexibility index (Phi) is 5.68. The SMILES string of the molecule is CCc1cccc(C)c1NCCC(=O)Nc1c(F)cccc1F. The molecule has 23 heavy (non-hydrogen) atoms. The molecule has 5 heteroatoms. The first-order valence-corrected chi connectivity index (χ1v) is 7.59. The van der Waals surface area contributed by atoms with Crippen LogP contribution < -0.4 is 10.6 Å². The third kappa shape index (κ3) is 4.28. The molecular weight excluding hydrogens is 298 g/mol. The van der Waals surface area contributed by atoms with Crippen molar-refractivity contribution in [2.75, 3.05) is 17.2 Å². The van der Waals surface area contributed by atoms with Gasteiger partial charge in [-0.3, -0.25) is 4.79 Å². The highest BCUT2D eigenvalue weighted by molar-refractivity contribution is 5.91. The van der Waals surface area contributed by atoms with Gasteiger partial charge in [-0.05, 0) is 36.6 Å². The van der Waals surface area contributed by atoms with Crippen molar-refractivity contribution in [3.63, 3.8) is 0 Å². The largest absolute Gasteiger partial charge is 0.384 e. The molecule has 0 heterocycles. The molecule has 2 rings (SSSR count). The lowest BCUT2D eigenvalue weighted by molar-refractivity contribution is -0.116. The van der Waals surface area contributed by atoms with Crippen LogP contribution in [0.4, 0.5) is 20.2 Å². The Morgan fingerprint density at radius 1 is 1.04 bits per heavy atom. The number of para-hydroxylation sites is 2. The third-order valence-corrected chi connectivity index (χ3v) is 3.62. The van der Waals surface area contributed by atoms with Crippen molar-refractivity contribution in [1.29, 1.82) is 0 Å². The Balaban J connectivity index is 1.93. The summed E-state index contributed by atoms with van der Waals surface area (Å²) in [7, 11) is 0. The Morgan fingerprint density at radius 3 is 2.35 bits per heavy atom. The van der Waals surface area contributed by atoms with Crippen molar-refractivity contribution in [2.45, 2.75) is 26.7 Å². The predicted octanol–water partition coefficient (Wildman–Crippen LogP) is 4.28. The summed E-state index contributed by atoms with van der Waals surface area (Å²) in [6.45, 7) is 4.45. The number of amides is 1. The maximum absolute atomic E-state index is 13.5. The molecule has 0 aromatic heterocycles. The summed E-state index contributed by atoms with van der Waals surface area (Å²) in [6.07, 6.45) is 1.00. The number of hydrogen-bond donors (Lipinski definition) is 2. The maximum Gasteiger partial charge on any atom is 0.226 e. The van der Waals surface area contributed by atoms with Gasteiger partial charge >= 0.3 is 0 Å². The third-order valence-electron chi connectivity index (χ3n) is 3.62. The van der Waals surface area contributed by atoms with Gasteiger partial charge < -0.3 is 10.6 Å². The molecule has 122 valence electrons. The lowest BCUT2D eigenvalue weighted by Gasteiger charge is -2.14. The van der Waals surface area contributed by atoms with Gasteiger partial charge in [0.1, 0.15) is 17.3 Å². The Bertz CT molecular complexity index is 681. The average Bonchev–Trinajstić information content (AvgIpc) is 2.52. The van der Waals surface area contributed by atoms with Gasteiger partial charge in [0.2, 0.25) is 5.91 Å². The average molecular weight is 318 g/mol. The number of carbonyl (C=O) groups excluding carboxylic acids is 1. The number of rotatable bonds is 6. The fourth-order valence-corrected chi connectivity index (χ4v) is 2.40. The maximum atomic E-state index is 13.5. The van der Waals surface area contributed by atoms with E-state index in [1.165, 1.54) is 11.6 Å². The second-order valence-electron chi connectivity index (χ2n) is 5.28. The molecule has 0 bridgehead atoms. The second-order valence-corrected chi connectivity index (χ2v) is 5.28. The number of hydrogen-bond acceptors (Lipinski definition) is 2. The van der Waals surface area contributed by atoms with Crippen LogP contribution in [0, 0.1) is 18.6 Å². The quantitative estimate of drug-likeness (QED) is 0.835. The zero-order valence-electron chi connectivity index (χ0n) is 13.2. The van der Waals surface area contributed by atoms with Gasteiger partial charge in [0.25, 0.3) is 0 Å². The van der Waals surface area contributed by atoms with E-state index >= 15 is 0 Å². The molecular formula is C18H20F2N2O. The van der Waals surface area contributed by atoms with Crippen LogP contribution in [0.25, 0.3) is 0 Å². The van der Waals surface area contributed by atoms with E-state index in [-0.39, 0.29) is 6.42 Å². The number of halogens is 2. The summed E-state index contributed by atoms with van der Waals surface area (Å²) < 4.78 is 27.0. The molecule has 2 aromatic rings. The molecule has 0 spiro atoms. The summed E-state index contributed by atoms with van der Waals surface area (Å²) in [4.78, 5) is 11.9. The van der Waals surface area contributed by atoms with Crippen LogP contribution in [-0.4, -0.2) is 12.5 Å². The van der Waals surface area contributed by atoms with Crippen LogP contribution in [0.1, 0.15) is 24.5 Å². The van der Waals surface area contributed by atoms with E-state index in [9.17, 15) is 13.6 Å². The minimum atomic E-state index is -0.779. The molecule has 0 aliphatic rings. The van der Waals surface area contributed by atoms with Gasteiger partial charge in [0.15, 0.2) is 0 Å². The Labute approximate surface area is 134 Å². The number of anilines is 2. The van der Waals surface area contributed by atoms with Crippen molar-refractivity contribution in [1.82, 2.24) is 0 Å². The molecule has 1 amide bonds. The highest BCUT2D eigenvalue weighted by atomic mass is 19.1. The van der Waals surface area contributed by atoms with E-state index in [0.29, 0.717) is 6.54 Å². The van der Waals surface area contributed by atoms with E-state index in [4.69, 9.17) is 0 Å². The number of nitrogens with one attached hydrogen (secondary N) is 2. The number of benzene rings is 2. The number of carbonyl (C=O) groups is 1. The minimum Gasteiger partial charge on any atom is -0.384 e. The lowest BCUT2D eigenvalue weighted by Crippen LogP contribution is -2.18. The monoisotopic (exact) mass is 318 g/mol. The topological polar surface area (TPSA) is 41.1 Å². The zero-order valence-corrected chi connectivity index (χ0v) is 13.2. The lowest BCUT2D eigenvalue weighted by atomic mass is 10.1. The number of aryl methyl sites for hydroxylation is 2. The van der Waals surface area contributed by atoms with Gasteiger partial charge in [-0.15, -0.1) is 0 Å². The van der Waals surface area contributed by atoms with Gasteiger partial charge in [0.05, 0.1) is 0 Å². The summed E-state index contributed by atoms with van der Waals surface area (Å²) in [5, 5.41) is 5.51. The first kappa shape index (κ1) is 16.9. The fraction of sp³-hybridized carbons (Fsp3) is 0.278. The van der Waals surface area contributed by atoms with Crippen LogP contribution in [0.5, 0.6) is 0 Å². The van der Waals surface area contributed by atoms with Crippen molar-refractivity contribution < 1.29 is 13.6 Å². The van der Waals surface area contributed by atoms with E-state index in [2.05, 4.69) is 17.6 Å². The van der Waals surface area contributed by atoms with E-state index in [1.807, 2.05) is 25.1 Å². The molecule has 0 saturated carbocycles. The smallest absolute Gasteiger partial charge is 0.226 e. The Hall–Kier alpha value is -2.43. The summed E-state index contributed by atoms with van der Waals surface area (Å²) in [5.41, 5.74) is 2.89. The van der Waals surface area contributed by atoms with Crippen LogP contribution in [-0.2, 0) is 11.2 Å². The van der Waals surface area contributed by atoms with Crippen molar-refractivity contribution in [2.24, 2.45) is 0 Å². The van der Waals surface area contributed by atoms with Crippen LogP contribution in [0.2, 0.25) is 0 Å². The van der Waals surface area contributed by atoms with Gasteiger partial charge in [-0.25, -0.2) is 8.78 Å². The van der Waals surface area contributed by atoms with Gasteiger partial charge in [-0.1, -0.05) is 31.2 Å². The summed E-state index contributed by atoms with van der Waals surface area (Å²) in [5.74, 6) is -2.00. The first-order valence-electron chi connectivity index (χ1n) is 7.59. The summed E-state index contributed by atoms with van der Waals surface area (Å²) >= 11 is 0. The minimum absolute atomic E-state index is 0.116. The van der Waals surface area contributed by atoms with Gasteiger partial charge in [0, 0.05) is 18.7 Å². The van der Waals surface area contributed by atoms with Crippen molar-refractivity contribution in [3.05, 3.63) is 59.2 Å². The first-order chi connectivity index (χ1) is 11.0. The highest BCUT2D eigenvalue weighted by Gasteiger charge is 2.12. The zero-order chi connectivity index (χ0) is 16.8. The Morgan fingerprint density at radius 2 is 1.70 bits per heavy atom. The molecule has 2 N–H and O–H groups in total. The molecule has 0 fully saturated rings. The van der Waals surface area contributed by atoms with Crippen LogP contribution in [0.15, 0.2) is 36.4 Å². The highest BCUT2D eigenvalue weighted by Crippen LogP contribution is 2.21. The van der Waals surface area contributed by atoms with Gasteiger partial charge in [-0.2, -0.15) is 0 Å². The standard InChI is InChI=1S/C18H20F2N2O/c1-3-13-7-4-6-12(2)17(13)21-11-10-16(23)22-18-14(19)8-5-9-15(18)20/h4-9,21H,3,10-11H2,1-2H3,(H,22,23). The van der Waals surface area contributed by atoms with E-state index < -0.39 is 23.2 Å². The molecule has 3 nitrogen and oxygen atoms in total. The molecule has 0 radical (unpaired) electrons. The molecule has 2 aromatic carbocycles.